The van der Waals surface area contributed by atoms with Crippen LogP contribution in [0.5, 0.6) is 0 Å². The fourth-order valence-corrected chi connectivity index (χ4v) is 1.55. The Bertz CT molecular complexity index is 425. The monoisotopic (exact) mass is 442 g/mol. The van der Waals surface area contributed by atoms with E-state index in [0.717, 1.165) is 34.0 Å². The van der Waals surface area contributed by atoms with Crippen LogP contribution >= 0.6 is 39.9 Å². The lowest BCUT2D eigenvalue weighted by atomic mass is 10.2. The fourth-order valence-electron chi connectivity index (χ4n) is 1.41. The highest BCUT2D eigenvalue weighted by Crippen LogP contribution is 2.12. The first-order valence-corrected chi connectivity index (χ1v) is 6.61. The summed E-state index contributed by atoms with van der Waals surface area (Å²) in [5.41, 5.74) is 1.92. The highest BCUT2D eigenvalue weighted by atomic mass is 127. The molecule has 0 aliphatic carbocycles. The smallest absolute Gasteiger partial charge is 0.191 e. The second-order valence-electron chi connectivity index (χ2n) is 3.87. The molecule has 1 aromatic rings. The third-order valence-electron chi connectivity index (χ3n) is 2.37. The molecule has 0 unspecified atom stereocenters. The molecule has 0 saturated heterocycles. The van der Waals surface area contributed by atoms with Gasteiger partial charge in [0.05, 0.1) is 12.2 Å². The van der Waals surface area contributed by atoms with Crippen LogP contribution in [0.4, 0.5) is 0 Å². The second-order valence-corrected chi connectivity index (χ2v) is 4.99. The van der Waals surface area contributed by atoms with Crippen molar-refractivity contribution in [2.24, 2.45) is 4.99 Å². The van der Waals surface area contributed by atoms with Crippen molar-refractivity contribution in [2.75, 3.05) is 13.1 Å². The molecule has 0 spiro atoms. The molecule has 0 saturated carbocycles. The zero-order chi connectivity index (χ0) is 13.5. The van der Waals surface area contributed by atoms with Gasteiger partial charge in [-0.2, -0.15) is 0 Å². The zero-order valence-corrected chi connectivity index (χ0v) is 15.3. The Morgan fingerprint density at radius 1 is 1.42 bits per heavy atom. The van der Waals surface area contributed by atoms with Crippen molar-refractivity contribution in [3.8, 4) is 0 Å². The van der Waals surface area contributed by atoms with Crippen molar-refractivity contribution in [3.05, 3.63) is 28.1 Å². The third-order valence-corrected chi connectivity index (χ3v) is 2.65. The van der Waals surface area contributed by atoms with E-state index in [4.69, 9.17) is 4.52 Å². The largest absolute Gasteiger partial charge is 0.361 e. The van der Waals surface area contributed by atoms with E-state index in [1.165, 1.54) is 0 Å². The molecule has 0 aliphatic rings. The van der Waals surface area contributed by atoms with Crippen molar-refractivity contribution in [1.82, 2.24) is 15.8 Å². The van der Waals surface area contributed by atoms with E-state index >= 15 is 0 Å². The molecule has 1 aromatic heterocycles. The van der Waals surface area contributed by atoms with Crippen LogP contribution in [0.3, 0.4) is 0 Å². The van der Waals surface area contributed by atoms with E-state index in [1.54, 1.807) is 0 Å². The summed E-state index contributed by atoms with van der Waals surface area (Å²) in [6.07, 6.45) is 0. The fraction of sp³-hybridized carbons (Fsp3) is 0.500. The van der Waals surface area contributed by atoms with Crippen molar-refractivity contribution in [3.63, 3.8) is 0 Å². The van der Waals surface area contributed by atoms with Crippen LogP contribution in [0.25, 0.3) is 0 Å². The predicted octanol–water partition coefficient (Wildman–Crippen LogP) is 2.87. The van der Waals surface area contributed by atoms with E-state index in [1.807, 2.05) is 20.8 Å². The van der Waals surface area contributed by atoms with E-state index in [2.05, 4.69) is 43.3 Å². The van der Waals surface area contributed by atoms with Gasteiger partial charge in [0.15, 0.2) is 5.96 Å². The summed E-state index contributed by atoms with van der Waals surface area (Å²) in [6, 6.07) is 0. The van der Waals surface area contributed by atoms with E-state index in [-0.39, 0.29) is 24.0 Å². The molecule has 2 N–H and O–H groups in total. The number of halogens is 2. The molecule has 5 nitrogen and oxygen atoms in total. The Hall–Kier alpha value is -0.570. The van der Waals surface area contributed by atoms with Crippen LogP contribution in [0.1, 0.15) is 23.9 Å². The van der Waals surface area contributed by atoms with Gasteiger partial charge in [-0.15, -0.1) is 24.0 Å². The lowest BCUT2D eigenvalue weighted by Crippen LogP contribution is -2.37. The molecule has 0 fully saturated rings. The van der Waals surface area contributed by atoms with Gasteiger partial charge in [-0.3, -0.25) is 0 Å². The SMILES string of the molecule is C=C(Br)CNC(=NCc1c(C)noc1C)NCC.I. The van der Waals surface area contributed by atoms with Gasteiger partial charge in [0.2, 0.25) is 0 Å². The maximum absolute atomic E-state index is 5.10. The first-order chi connectivity index (χ1) is 8.54. The number of aromatic nitrogens is 1. The van der Waals surface area contributed by atoms with Gasteiger partial charge >= 0.3 is 0 Å². The van der Waals surface area contributed by atoms with Crippen molar-refractivity contribution >= 4 is 45.9 Å². The molecule has 0 aliphatic heterocycles. The van der Waals surface area contributed by atoms with Gasteiger partial charge in [0.25, 0.3) is 0 Å². The number of nitrogens with one attached hydrogen (secondary N) is 2. The number of guanidine groups is 1. The standard InChI is InChI=1S/C12H19BrN4O.HI/c1-5-14-12(15-6-8(2)13)16-7-11-9(3)17-18-10(11)4;/h2,5-7H2,1,3-4H3,(H2,14,15,16);1H. The van der Waals surface area contributed by atoms with E-state index < -0.39 is 0 Å². The Morgan fingerprint density at radius 3 is 2.58 bits per heavy atom. The molecule has 1 heterocycles. The zero-order valence-electron chi connectivity index (χ0n) is 11.4. The van der Waals surface area contributed by atoms with Crippen LogP contribution in [-0.2, 0) is 6.54 Å². The van der Waals surface area contributed by atoms with Gasteiger partial charge in [-0.25, -0.2) is 4.99 Å². The van der Waals surface area contributed by atoms with Crippen LogP contribution < -0.4 is 10.6 Å². The molecule has 0 bridgehead atoms. The number of aliphatic imine (C=N–C) groups is 1. The first kappa shape index (κ1) is 18.4. The summed E-state index contributed by atoms with van der Waals surface area (Å²) in [5.74, 6) is 1.56. The summed E-state index contributed by atoms with van der Waals surface area (Å²) < 4.78 is 5.98. The van der Waals surface area contributed by atoms with Crippen LogP contribution in [0.15, 0.2) is 20.6 Å². The minimum Gasteiger partial charge on any atom is -0.361 e. The van der Waals surface area contributed by atoms with Gasteiger partial charge in [-0.1, -0.05) is 27.7 Å². The van der Waals surface area contributed by atoms with Crippen LogP contribution in [0, 0.1) is 13.8 Å². The Morgan fingerprint density at radius 2 is 2.11 bits per heavy atom. The Kier molecular flexibility index (Phi) is 9.07. The molecule has 0 radical (unpaired) electrons. The molecule has 7 heteroatoms. The van der Waals surface area contributed by atoms with Crippen LogP contribution in [-0.4, -0.2) is 24.2 Å². The van der Waals surface area contributed by atoms with Gasteiger partial charge in [0, 0.05) is 23.1 Å². The number of hydrogen-bond acceptors (Lipinski definition) is 3. The highest BCUT2D eigenvalue weighted by Gasteiger charge is 2.08. The maximum Gasteiger partial charge on any atom is 0.191 e. The molecule has 0 aromatic carbocycles. The molecule has 0 atom stereocenters. The predicted molar refractivity (Wildman–Crippen MR) is 92.3 cm³/mol. The normalized spacial score (nSPS) is 10.8. The number of aryl methyl sites for hydroxylation is 2. The lowest BCUT2D eigenvalue weighted by Gasteiger charge is -2.10. The second kappa shape index (κ2) is 9.35. The minimum absolute atomic E-state index is 0. The first-order valence-electron chi connectivity index (χ1n) is 5.81. The van der Waals surface area contributed by atoms with E-state index in [0.29, 0.717) is 13.1 Å². The average Bonchev–Trinajstić information content (AvgIpc) is 2.63. The summed E-state index contributed by atoms with van der Waals surface area (Å²) in [6.45, 7) is 11.6. The number of nitrogens with zero attached hydrogens (tertiary/aromatic N) is 2. The Balaban J connectivity index is 0.00000324. The van der Waals surface area contributed by atoms with Crippen molar-refractivity contribution in [1.29, 1.82) is 0 Å². The minimum atomic E-state index is 0. The Labute approximate surface area is 139 Å². The van der Waals surface area contributed by atoms with Crippen molar-refractivity contribution < 1.29 is 4.52 Å². The number of rotatable bonds is 5. The molecule has 0 amide bonds. The number of hydrogen-bond donors (Lipinski definition) is 2. The summed E-state index contributed by atoms with van der Waals surface area (Å²) in [7, 11) is 0. The van der Waals surface area contributed by atoms with Gasteiger partial charge < -0.3 is 15.2 Å². The third kappa shape index (κ3) is 6.42. The summed E-state index contributed by atoms with van der Waals surface area (Å²) >= 11 is 3.30. The van der Waals surface area contributed by atoms with E-state index in [9.17, 15) is 0 Å². The molecular formula is C12H20BrIN4O. The highest BCUT2D eigenvalue weighted by molar-refractivity contribution is 14.0. The summed E-state index contributed by atoms with van der Waals surface area (Å²) in [4.78, 5) is 4.48. The maximum atomic E-state index is 5.10. The molecular weight excluding hydrogens is 423 g/mol. The van der Waals surface area contributed by atoms with Gasteiger partial charge in [-0.05, 0) is 20.8 Å². The molecule has 1 rings (SSSR count). The average molecular weight is 443 g/mol. The quantitative estimate of drug-likeness (QED) is 0.418. The lowest BCUT2D eigenvalue weighted by molar-refractivity contribution is 0.392. The van der Waals surface area contributed by atoms with Crippen LogP contribution in [0.2, 0.25) is 0 Å². The molecule has 108 valence electrons. The summed E-state index contributed by atoms with van der Waals surface area (Å²) in [5, 5.41) is 10.2. The topological polar surface area (TPSA) is 62.5 Å². The van der Waals surface area contributed by atoms with Crippen molar-refractivity contribution in [2.45, 2.75) is 27.3 Å². The molecule has 19 heavy (non-hydrogen) atoms. The van der Waals surface area contributed by atoms with Gasteiger partial charge in [0.1, 0.15) is 5.76 Å².